The molecule has 0 saturated heterocycles. The van der Waals surface area contributed by atoms with Gasteiger partial charge in [0.05, 0.1) is 18.4 Å². The van der Waals surface area contributed by atoms with Crippen LogP contribution >= 0.6 is 0 Å². The number of rotatable bonds is 2. The van der Waals surface area contributed by atoms with E-state index in [-0.39, 0.29) is 0 Å². The molecule has 0 bridgehead atoms. The van der Waals surface area contributed by atoms with Crippen LogP contribution in [-0.4, -0.2) is 14.8 Å². The van der Waals surface area contributed by atoms with Gasteiger partial charge in [-0.05, 0) is 18.2 Å². The summed E-state index contributed by atoms with van der Waals surface area (Å²) in [4.78, 5) is 4.18. The van der Waals surface area contributed by atoms with Crippen molar-refractivity contribution < 1.29 is 0 Å². The maximum Gasteiger partial charge on any atom is 0.122 e. The Kier molecular flexibility index (Phi) is 1.96. The first-order valence-corrected chi connectivity index (χ1v) is 4.03. The number of pyridine rings is 1. The Balaban J connectivity index is 2.20. The molecular weight excluding hydrogens is 164 g/mol. The fourth-order valence-corrected chi connectivity index (χ4v) is 1.12. The van der Waals surface area contributed by atoms with Crippen molar-refractivity contribution in [3.8, 4) is 0 Å². The minimum atomic E-state index is 0.625. The van der Waals surface area contributed by atoms with Gasteiger partial charge in [0.2, 0.25) is 0 Å². The topological polar surface area (TPSA) is 56.7 Å². The molecule has 66 valence electrons. The van der Waals surface area contributed by atoms with Crippen LogP contribution in [0.1, 0.15) is 5.69 Å². The quantitative estimate of drug-likeness (QED) is 0.736. The summed E-state index contributed by atoms with van der Waals surface area (Å²) in [6.07, 6.45) is 3.44. The molecule has 13 heavy (non-hydrogen) atoms. The standard InChI is InChI=1S/C9H10N4/c10-9-4-6-12-13(9)7-8-3-1-2-5-11-8/h1-6H,7,10H2. The summed E-state index contributed by atoms with van der Waals surface area (Å²) in [6.45, 7) is 0.625. The van der Waals surface area contributed by atoms with Gasteiger partial charge in [-0.3, -0.25) is 4.98 Å². The van der Waals surface area contributed by atoms with E-state index in [1.807, 2.05) is 18.2 Å². The molecule has 2 heterocycles. The zero-order valence-corrected chi connectivity index (χ0v) is 7.09. The van der Waals surface area contributed by atoms with Crippen LogP contribution in [0.4, 0.5) is 5.82 Å². The maximum absolute atomic E-state index is 5.66. The van der Waals surface area contributed by atoms with Gasteiger partial charge in [-0.15, -0.1) is 0 Å². The first kappa shape index (κ1) is 7.79. The van der Waals surface area contributed by atoms with Gasteiger partial charge in [0, 0.05) is 6.20 Å². The van der Waals surface area contributed by atoms with Gasteiger partial charge in [0.25, 0.3) is 0 Å². The van der Waals surface area contributed by atoms with Crippen LogP contribution in [0.2, 0.25) is 0 Å². The van der Waals surface area contributed by atoms with Crippen molar-refractivity contribution >= 4 is 5.82 Å². The summed E-state index contributed by atoms with van der Waals surface area (Å²) >= 11 is 0. The molecule has 0 atom stereocenters. The lowest BCUT2D eigenvalue weighted by molar-refractivity contribution is 0.682. The lowest BCUT2D eigenvalue weighted by Gasteiger charge is -2.02. The zero-order valence-electron chi connectivity index (χ0n) is 7.09. The van der Waals surface area contributed by atoms with E-state index in [9.17, 15) is 0 Å². The van der Waals surface area contributed by atoms with Crippen molar-refractivity contribution in [1.82, 2.24) is 14.8 Å². The fraction of sp³-hybridized carbons (Fsp3) is 0.111. The molecule has 2 aromatic heterocycles. The Morgan fingerprint density at radius 2 is 2.15 bits per heavy atom. The molecule has 4 nitrogen and oxygen atoms in total. The van der Waals surface area contributed by atoms with Crippen molar-refractivity contribution in [2.45, 2.75) is 6.54 Å². The molecule has 0 unspecified atom stereocenters. The van der Waals surface area contributed by atoms with Crippen molar-refractivity contribution in [2.24, 2.45) is 0 Å². The first-order chi connectivity index (χ1) is 6.36. The average molecular weight is 174 g/mol. The Hall–Kier alpha value is -1.84. The highest BCUT2D eigenvalue weighted by Crippen LogP contribution is 2.03. The van der Waals surface area contributed by atoms with Crippen LogP contribution in [0.25, 0.3) is 0 Å². The van der Waals surface area contributed by atoms with Gasteiger partial charge in [0.15, 0.2) is 0 Å². The highest BCUT2D eigenvalue weighted by atomic mass is 15.3. The molecule has 2 rings (SSSR count). The molecule has 0 aliphatic heterocycles. The van der Waals surface area contributed by atoms with Crippen LogP contribution < -0.4 is 5.73 Å². The van der Waals surface area contributed by atoms with Gasteiger partial charge >= 0.3 is 0 Å². The van der Waals surface area contributed by atoms with Crippen LogP contribution in [0.3, 0.4) is 0 Å². The minimum absolute atomic E-state index is 0.625. The molecule has 2 N–H and O–H groups in total. The summed E-state index contributed by atoms with van der Waals surface area (Å²) in [5, 5.41) is 4.06. The molecule has 0 radical (unpaired) electrons. The van der Waals surface area contributed by atoms with Crippen LogP contribution in [0, 0.1) is 0 Å². The molecule has 0 fully saturated rings. The molecule has 4 heteroatoms. The summed E-state index contributed by atoms with van der Waals surface area (Å²) in [5.74, 6) is 0.658. The second-order valence-electron chi connectivity index (χ2n) is 2.73. The first-order valence-electron chi connectivity index (χ1n) is 4.03. The van der Waals surface area contributed by atoms with E-state index in [1.165, 1.54) is 0 Å². The number of hydrogen-bond donors (Lipinski definition) is 1. The number of anilines is 1. The lowest BCUT2D eigenvalue weighted by atomic mass is 10.3. The summed E-state index contributed by atoms with van der Waals surface area (Å²) in [5.41, 5.74) is 6.62. The van der Waals surface area contributed by atoms with E-state index in [0.717, 1.165) is 5.69 Å². The Bertz CT molecular complexity index is 380. The highest BCUT2D eigenvalue weighted by molar-refractivity contribution is 5.26. The van der Waals surface area contributed by atoms with Gasteiger partial charge in [0.1, 0.15) is 5.82 Å². The summed E-state index contributed by atoms with van der Waals surface area (Å²) in [7, 11) is 0. The van der Waals surface area contributed by atoms with Gasteiger partial charge in [-0.2, -0.15) is 5.10 Å². The van der Waals surface area contributed by atoms with Crippen LogP contribution in [0.15, 0.2) is 36.7 Å². The third-order valence-corrected chi connectivity index (χ3v) is 1.79. The Morgan fingerprint density at radius 1 is 1.23 bits per heavy atom. The van der Waals surface area contributed by atoms with E-state index in [0.29, 0.717) is 12.4 Å². The third kappa shape index (κ3) is 1.66. The average Bonchev–Trinajstić information content (AvgIpc) is 2.54. The van der Waals surface area contributed by atoms with E-state index >= 15 is 0 Å². The molecular formula is C9H10N4. The van der Waals surface area contributed by atoms with Crippen molar-refractivity contribution in [2.75, 3.05) is 5.73 Å². The SMILES string of the molecule is Nc1ccnn1Cc1ccccn1. The number of nitrogen functional groups attached to an aromatic ring is 1. The summed E-state index contributed by atoms with van der Waals surface area (Å²) in [6, 6.07) is 7.54. The predicted molar refractivity (Wildman–Crippen MR) is 50.0 cm³/mol. The molecule has 0 aromatic carbocycles. The van der Waals surface area contributed by atoms with E-state index < -0.39 is 0 Å². The number of hydrogen-bond acceptors (Lipinski definition) is 3. The van der Waals surface area contributed by atoms with E-state index in [4.69, 9.17) is 5.73 Å². The minimum Gasteiger partial charge on any atom is -0.384 e. The van der Waals surface area contributed by atoms with Crippen LogP contribution in [0.5, 0.6) is 0 Å². The number of nitrogens with two attached hydrogens (primary N) is 1. The second kappa shape index (κ2) is 3.26. The second-order valence-corrected chi connectivity index (χ2v) is 2.73. The molecule has 0 saturated carbocycles. The Labute approximate surface area is 76.0 Å². The number of aromatic nitrogens is 3. The molecule has 0 spiro atoms. The van der Waals surface area contributed by atoms with E-state index in [1.54, 1.807) is 23.1 Å². The van der Waals surface area contributed by atoms with Crippen molar-refractivity contribution in [1.29, 1.82) is 0 Å². The zero-order chi connectivity index (χ0) is 9.10. The number of nitrogens with zero attached hydrogens (tertiary/aromatic N) is 3. The predicted octanol–water partition coefficient (Wildman–Crippen LogP) is 0.909. The van der Waals surface area contributed by atoms with Crippen molar-refractivity contribution in [3.05, 3.63) is 42.4 Å². The lowest BCUT2D eigenvalue weighted by Crippen LogP contribution is -2.06. The fourth-order valence-electron chi connectivity index (χ4n) is 1.12. The smallest absolute Gasteiger partial charge is 0.122 e. The van der Waals surface area contributed by atoms with Crippen LogP contribution in [-0.2, 0) is 6.54 Å². The third-order valence-electron chi connectivity index (χ3n) is 1.79. The monoisotopic (exact) mass is 174 g/mol. The van der Waals surface area contributed by atoms with Gasteiger partial charge in [-0.1, -0.05) is 6.07 Å². The summed E-state index contributed by atoms with van der Waals surface area (Å²) < 4.78 is 1.71. The van der Waals surface area contributed by atoms with Gasteiger partial charge < -0.3 is 5.73 Å². The molecule has 0 amide bonds. The normalized spacial score (nSPS) is 10.2. The largest absolute Gasteiger partial charge is 0.384 e. The Morgan fingerprint density at radius 3 is 2.77 bits per heavy atom. The molecule has 0 aliphatic rings. The molecule has 2 aromatic rings. The van der Waals surface area contributed by atoms with Crippen molar-refractivity contribution in [3.63, 3.8) is 0 Å². The highest BCUT2D eigenvalue weighted by Gasteiger charge is 1.98. The van der Waals surface area contributed by atoms with E-state index in [2.05, 4.69) is 10.1 Å². The molecule has 0 aliphatic carbocycles. The van der Waals surface area contributed by atoms with Gasteiger partial charge in [-0.25, -0.2) is 4.68 Å². The maximum atomic E-state index is 5.66.